The summed E-state index contributed by atoms with van der Waals surface area (Å²) in [5, 5.41) is 9.97. The second kappa shape index (κ2) is 7.72. The van der Waals surface area contributed by atoms with Crippen LogP contribution in [-0.4, -0.2) is 83.7 Å². The number of hydrogen-bond acceptors (Lipinski definition) is 5. The maximum Gasteiger partial charge on any atom is 0.228 e. The summed E-state index contributed by atoms with van der Waals surface area (Å²) in [4.78, 5) is 31.2. The summed E-state index contributed by atoms with van der Waals surface area (Å²) in [5.41, 5.74) is 0.746. The Hall–Kier alpha value is -1.64. The third kappa shape index (κ3) is 3.65. The molecule has 4 heterocycles. The second-order valence-corrected chi connectivity index (χ2v) is 6.87. The summed E-state index contributed by atoms with van der Waals surface area (Å²) < 4.78 is 0. The molecule has 0 aliphatic carbocycles. The van der Waals surface area contributed by atoms with Gasteiger partial charge in [-0.25, -0.2) is 0 Å². The quantitative estimate of drug-likeness (QED) is 0.764. The molecule has 3 aliphatic rings. The van der Waals surface area contributed by atoms with Gasteiger partial charge in [0.2, 0.25) is 11.8 Å². The Bertz CT molecular complexity index is 604. The number of amides is 2. The predicted molar refractivity (Wildman–Crippen MR) is 95.7 cm³/mol. The Morgan fingerprint density at radius 3 is 2.72 bits per heavy atom. The van der Waals surface area contributed by atoms with E-state index in [1.807, 2.05) is 4.90 Å². The molecular formula is C16H25ClN6O2. The van der Waals surface area contributed by atoms with Gasteiger partial charge in [-0.1, -0.05) is 0 Å². The normalized spacial score (nSPS) is 27.6. The first-order chi connectivity index (χ1) is 11.7. The number of aromatic amines is 1. The molecule has 0 aromatic carbocycles. The van der Waals surface area contributed by atoms with Crippen molar-refractivity contribution in [1.29, 1.82) is 0 Å². The van der Waals surface area contributed by atoms with Crippen molar-refractivity contribution in [2.75, 3.05) is 50.7 Å². The van der Waals surface area contributed by atoms with Crippen LogP contribution >= 0.6 is 12.4 Å². The van der Waals surface area contributed by atoms with Crippen LogP contribution in [0.15, 0.2) is 12.4 Å². The van der Waals surface area contributed by atoms with Crippen molar-refractivity contribution in [3.05, 3.63) is 12.4 Å². The van der Waals surface area contributed by atoms with Crippen LogP contribution in [0.5, 0.6) is 0 Å². The van der Waals surface area contributed by atoms with Crippen molar-refractivity contribution < 1.29 is 9.59 Å². The SMILES string of the molecule is Cl.O=C(C1CC(=O)N(c2cn[nH]c2)C1)N1CCC(N2CCNCC2)C1. The minimum absolute atomic E-state index is 0. The minimum Gasteiger partial charge on any atom is -0.341 e. The molecule has 3 fully saturated rings. The summed E-state index contributed by atoms with van der Waals surface area (Å²) in [7, 11) is 0. The third-order valence-electron chi connectivity index (χ3n) is 5.41. The minimum atomic E-state index is -0.228. The van der Waals surface area contributed by atoms with E-state index in [0.29, 0.717) is 19.0 Å². The molecular weight excluding hydrogens is 344 g/mol. The van der Waals surface area contributed by atoms with Crippen LogP contribution in [0.25, 0.3) is 0 Å². The van der Waals surface area contributed by atoms with Crippen molar-refractivity contribution in [1.82, 2.24) is 25.3 Å². The molecule has 0 saturated carbocycles. The topological polar surface area (TPSA) is 84.6 Å². The van der Waals surface area contributed by atoms with E-state index >= 15 is 0 Å². The van der Waals surface area contributed by atoms with Crippen LogP contribution in [-0.2, 0) is 9.59 Å². The molecule has 0 bridgehead atoms. The zero-order valence-electron chi connectivity index (χ0n) is 14.2. The van der Waals surface area contributed by atoms with Crippen molar-refractivity contribution in [2.45, 2.75) is 18.9 Å². The van der Waals surface area contributed by atoms with Crippen LogP contribution in [0, 0.1) is 5.92 Å². The Morgan fingerprint density at radius 1 is 1.20 bits per heavy atom. The number of anilines is 1. The Kier molecular flexibility index (Phi) is 5.61. The molecule has 2 atom stereocenters. The average molecular weight is 369 g/mol. The lowest BCUT2D eigenvalue weighted by Gasteiger charge is -2.32. The molecule has 9 heteroatoms. The number of hydrogen-bond donors (Lipinski definition) is 2. The van der Waals surface area contributed by atoms with E-state index < -0.39 is 0 Å². The molecule has 1 aromatic heterocycles. The summed E-state index contributed by atoms with van der Waals surface area (Å²) >= 11 is 0. The lowest BCUT2D eigenvalue weighted by Crippen LogP contribution is -2.49. The number of nitrogens with zero attached hydrogens (tertiary/aromatic N) is 4. The first-order valence-corrected chi connectivity index (χ1v) is 8.75. The van der Waals surface area contributed by atoms with Gasteiger partial charge in [-0.3, -0.25) is 19.6 Å². The Balaban J connectivity index is 0.00000182. The van der Waals surface area contributed by atoms with Gasteiger partial charge in [-0.15, -0.1) is 12.4 Å². The van der Waals surface area contributed by atoms with Crippen LogP contribution in [0.4, 0.5) is 5.69 Å². The van der Waals surface area contributed by atoms with Gasteiger partial charge in [0.15, 0.2) is 0 Å². The van der Waals surface area contributed by atoms with Gasteiger partial charge in [0.05, 0.1) is 17.8 Å². The highest BCUT2D eigenvalue weighted by molar-refractivity contribution is 6.00. The van der Waals surface area contributed by atoms with Gasteiger partial charge < -0.3 is 15.1 Å². The Morgan fingerprint density at radius 2 is 2.00 bits per heavy atom. The molecule has 2 N–H and O–H groups in total. The number of likely N-dealkylation sites (tertiary alicyclic amines) is 1. The van der Waals surface area contributed by atoms with Crippen LogP contribution in [0.2, 0.25) is 0 Å². The highest BCUT2D eigenvalue weighted by Gasteiger charge is 2.40. The molecule has 3 aliphatic heterocycles. The van der Waals surface area contributed by atoms with E-state index in [4.69, 9.17) is 0 Å². The molecule has 2 amide bonds. The van der Waals surface area contributed by atoms with Crippen LogP contribution in [0.3, 0.4) is 0 Å². The molecule has 1 aromatic rings. The maximum atomic E-state index is 12.8. The van der Waals surface area contributed by atoms with E-state index in [2.05, 4.69) is 20.4 Å². The summed E-state index contributed by atoms with van der Waals surface area (Å²) in [6.07, 6.45) is 4.67. The molecule has 0 radical (unpaired) electrons. The van der Waals surface area contributed by atoms with Gasteiger partial charge >= 0.3 is 0 Å². The Labute approximate surface area is 153 Å². The number of H-pyrrole nitrogens is 1. The lowest BCUT2D eigenvalue weighted by atomic mass is 10.1. The van der Waals surface area contributed by atoms with Crippen molar-refractivity contribution in [3.63, 3.8) is 0 Å². The van der Waals surface area contributed by atoms with E-state index in [0.717, 1.165) is 51.4 Å². The highest BCUT2D eigenvalue weighted by atomic mass is 35.5. The van der Waals surface area contributed by atoms with Crippen LogP contribution < -0.4 is 10.2 Å². The lowest BCUT2D eigenvalue weighted by molar-refractivity contribution is -0.135. The fraction of sp³-hybridized carbons (Fsp3) is 0.688. The van der Waals surface area contributed by atoms with Gasteiger partial charge in [-0.05, 0) is 6.42 Å². The van der Waals surface area contributed by atoms with Gasteiger partial charge in [-0.2, -0.15) is 5.10 Å². The number of carbonyl (C=O) groups excluding carboxylic acids is 2. The summed E-state index contributed by atoms with van der Waals surface area (Å²) in [6, 6.07) is 0.470. The summed E-state index contributed by atoms with van der Waals surface area (Å²) in [5.74, 6) is -0.0891. The zero-order chi connectivity index (χ0) is 16.5. The number of rotatable bonds is 3. The number of nitrogens with one attached hydrogen (secondary N) is 2. The summed E-state index contributed by atoms with van der Waals surface area (Å²) in [6.45, 7) is 6.25. The maximum absolute atomic E-state index is 12.8. The highest BCUT2D eigenvalue weighted by Crippen LogP contribution is 2.27. The van der Waals surface area contributed by atoms with E-state index in [1.54, 1.807) is 17.3 Å². The first kappa shape index (κ1) is 18.2. The molecule has 3 saturated heterocycles. The zero-order valence-corrected chi connectivity index (χ0v) is 15.0. The fourth-order valence-electron chi connectivity index (χ4n) is 4.06. The van der Waals surface area contributed by atoms with E-state index in [1.165, 1.54) is 0 Å². The number of carbonyl (C=O) groups is 2. The van der Waals surface area contributed by atoms with Gasteiger partial charge in [0, 0.05) is 64.5 Å². The number of aromatic nitrogens is 2. The fourth-order valence-corrected chi connectivity index (χ4v) is 4.06. The number of halogens is 1. The molecule has 138 valence electrons. The first-order valence-electron chi connectivity index (χ1n) is 8.75. The van der Waals surface area contributed by atoms with E-state index in [-0.39, 0.29) is 30.1 Å². The average Bonchev–Trinajstić information content (AvgIpc) is 3.35. The van der Waals surface area contributed by atoms with E-state index in [9.17, 15) is 9.59 Å². The molecule has 4 rings (SSSR count). The number of piperazine rings is 1. The molecule has 0 spiro atoms. The predicted octanol–water partition coefficient (Wildman–Crippen LogP) is -0.309. The standard InChI is InChI=1S/C16H24N6O2.ClH/c23-15-7-12(10-22(15)14-8-18-19-9-14)16(24)21-4-1-13(11-21)20-5-2-17-3-6-20;/h8-9,12-13,17H,1-7,10-11H2,(H,18,19);1H. The molecule has 8 nitrogen and oxygen atoms in total. The van der Waals surface area contributed by atoms with Crippen molar-refractivity contribution in [2.24, 2.45) is 5.92 Å². The van der Waals surface area contributed by atoms with Gasteiger partial charge in [0.25, 0.3) is 0 Å². The monoisotopic (exact) mass is 368 g/mol. The van der Waals surface area contributed by atoms with Gasteiger partial charge in [0.1, 0.15) is 0 Å². The largest absolute Gasteiger partial charge is 0.341 e. The third-order valence-corrected chi connectivity index (χ3v) is 5.41. The van der Waals surface area contributed by atoms with Crippen molar-refractivity contribution in [3.8, 4) is 0 Å². The molecule has 2 unspecified atom stereocenters. The molecule has 25 heavy (non-hydrogen) atoms. The van der Waals surface area contributed by atoms with Crippen molar-refractivity contribution >= 4 is 29.9 Å². The van der Waals surface area contributed by atoms with Crippen LogP contribution in [0.1, 0.15) is 12.8 Å². The second-order valence-electron chi connectivity index (χ2n) is 6.87. The smallest absolute Gasteiger partial charge is 0.228 e.